The molecule has 1 fully saturated rings. The summed E-state index contributed by atoms with van der Waals surface area (Å²) >= 11 is 1.70. The lowest BCUT2D eigenvalue weighted by atomic mass is 9.93. The molecular formula is C15H22N2OS. The van der Waals surface area contributed by atoms with E-state index in [1.165, 1.54) is 4.90 Å². The van der Waals surface area contributed by atoms with Gasteiger partial charge in [-0.1, -0.05) is 18.2 Å². The molecule has 1 aromatic rings. The number of carbonyl (C=O) groups excluding carboxylic acids is 1. The Kier molecular flexibility index (Phi) is 4.53. The van der Waals surface area contributed by atoms with Crippen molar-refractivity contribution in [2.24, 2.45) is 11.7 Å². The third-order valence-corrected chi connectivity index (χ3v) is 4.68. The van der Waals surface area contributed by atoms with Gasteiger partial charge in [0.2, 0.25) is 5.91 Å². The van der Waals surface area contributed by atoms with Crippen molar-refractivity contribution in [3.63, 3.8) is 0 Å². The van der Waals surface area contributed by atoms with E-state index in [-0.39, 0.29) is 11.9 Å². The van der Waals surface area contributed by atoms with Crippen molar-refractivity contribution < 1.29 is 4.79 Å². The summed E-state index contributed by atoms with van der Waals surface area (Å²) in [5, 5.41) is 3.43. The first-order chi connectivity index (χ1) is 9.04. The lowest BCUT2D eigenvalue weighted by molar-refractivity contribution is -0.124. The van der Waals surface area contributed by atoms with E-state index in [0.717, 1.165) is 12.8 Å². The SMILES string of the molecule is CC(C)NC(CSc1ccccc1)(C(N)=O)C1CC1. The molecule has 1 aliphatic carbocycles. The molecule has 1 aliphatic rings. The molecule has 1 saturated carbocycles. The molecule has 0 aliphatic heterocycles. The number of benzene rings is 1. The number of hydrogen-bond acceptors (Lipinski definition) is 3. The summed E-state index contributed by atoms with van der Waals surface area (Å²) in [4.78, 5) is 13.2. The minimum atomic E-state index is -0.561. The Hall–Kier alpha value is -1.00. The number of amides is 1. The fourth-order valence-corrected chi connectivity index (χ4v) is 3.63. The van der Waals surface area contributed by atoms with E-state index in [1.54, 1.807) is 11.8 Å². The van der Waals surface area contributed by atoms with E-state index in [4.69, 9.17) is 5.73 Å². The van der Waals surface area contributed by atoms with Gasteiger partial charge in [-0.05, 0) is 44.7 Å². The summed E-state index contributed by atoms with van der Waals surface area (Å²) in [6, 6.07) is 10.4. The van der Waals surface area contributed by atoms with Gasteiger partial charge in [0, 0.05) is 16.7 Å². The molecule has 4 heteroatoms. The Morgan fingerprint density at radius 2 is 2.05 bits per heavy atom. The van der Waals surface area contributed by atoms with Crippen LogP contribution in [0.1, 0.15) is 26.7 Å². The lowest BCUT2D eigenvalue weighted by Gasteiger charge is -2.33. The number of carbonyl (C=O) groups is 1. The first-order valence-corrected chi connectivity index (χ1v) is 7.78. The van der Waals surface area contributed by atoms with Gasteiger partial charge in [0.15, 0.2) is 0 Å². The molecule has 3 nitrogen and oxygen atoms in total. The molecule has 1 unspecified atom stereocenters. The van der Waals surface area contributed by atoms with Gasteiger partial charge < -0.3 is 11.1 Å². The summed E-state index contributed by atoms with van der Waals surface area (Å²) in [5.41, 5.74) is 5.15. The standard InChI is InChI=1S/C15H22N2OS/c1-11(2)17-15(14(16)18,12-8-9-12)10-19-13-6-4-3-5-7-13/h3-7,11-12,17H,8-10H2,1-2H3,(H2,16,18). The van der Waals surface area contributed by atoms with E-state index < -0.39 is 5.54 Å². The average molecular weight is 278 g/mol. The maximum Gasteiger partial charge on any atom is 0.238 e. The first-order valence-electron chi connectivity index (χ1n) is 6.80. The zero-order chi connectivity index (χ0) is 13.9. The van der Waals surface area contributed by atoms with Crippen LogP contribution in [0.25, 0.3) is 0 Å². The Labute approximate surface area is 119 Å². The van der Waals surface area contributed by atoms with Crippen molar-refractivity contribution in [2.75, 3.05) is 5.75 Å². The summed E-state index contributed by atoms with van der Waals surface area (Å²) in [6.45, 7) is 4.13. The molecule has 3 N–H and O–H groups in total. The van der Waals surface area contributed by atoms with Crippen LogP contribution in [-0.2, 0) is 4.79 Å². The highest BCUT2D eigenvalue weighted by molar-refractivity contribution is 7.99. The number of nitrogens with two attached hydrogens (primary N) is 1. The number of hydrogen-bond donors (Lipinski definition) is 2. The van der Waals surface area contributed by atoms with Crippen molar-refractivity contribution in [2.45, 2.75) is 43.2 Å². The molecule has 0 saturated heterocycles. The van der Waals surface area contributed by atoms with Gasteiger partial charge in [-0.3, -0.25) is 4.79 Å². The van der Waals surface area contributed by atoms with Crippen LogP contribution >= 0.6 is 11.8 Å². The highest BCUT2D eigenvalue weighted by atomic mass is 32.2. The molecule has 0 heterocycles. The van der Waals surface area contributed by atoms with Gasteiger partial charge in [-0.15, -0.1) is 11.8 Å². The van der Waals surface area contributed by atoms with Crippen LogP contribution in [0.5, 0.6) is 0 Å². The van der Waals surface area contributed by atoms with Crippen molar-refractivity contribution >= 4 is 17.7 Å². The van der Waals surface area contributed by atoms with Crippen LogP contribution in [0.2, 0.25) is 0 Å². The van der Waals surface area contributed by atoms with Crippen LogP contribution < -0.4 is 11.1 Å². The monoisotopic (exact) mass is 278 g/mol. The molecule has 2 rings (SSSR count). The van der Waals surface area contributed by atoms with Gasteiger partial charge in [-0.25, -0.2) is 0 Å². The molecule has 104 valence electrons. The Morgan fingerprint density at radius 1 is 1.42 bits per heavy atom. The minimum absolute atomic E-state index is 0.216. The van der Waals surface area contributed by atoms with Crippen LogP contribution in [0.4, 0.5) is 0 Å². The first kappa shape index (κ1) is 14.4. The van der Waals surface area contributed by atoms with Gasteiger partial charge in [0.05, 0.1) is 0 Å². The predicted molar refractivity (Wildman–Crippen MR) is 80.1 cm³/mol. The molecule has 0 bridgehead atoms. The molecule has 1 atom stereocenters. The number of rotatable bonds is 7. The molecule has 19 heavy (non-hydrogen) atoms. The van der Waals surface area contributed by atoms with Crippen molar-refractivity contribution in [3.8, 4) is 0 Å². The van der Waals surface area contributed by atoms with E-state index in [1.807, 2.05) is 18.2 Å². The number of primary amides is 1. The summed E-state index contributed by atoms with van der Waals surface area (Å²) in [6.07, 6.45) is 2.19. The van der Waals surface area contributed by atoms with Gasteiger partial charge >= 0.3 is 0 Å². The van der Waals surface area contributed by atoms with Crippen molar-refractivity contribution in [1.29, 1.82) is 0 Å². The fourth-order valence-electron chi connectivity index (χ4n) is 2.43. The second-order valence-electron chi connectivity index (χ2n) is 5.51. The minimum Gasteiger partial charge on any atom is -0.368 e. The smallest absolute Gasteiger partial charge is 0.238 e. The molecular weight excluding hydrogens is 256 g/mol. The topological polar surface area (TPSA) is 55.1 Å². The second-order valence-corrected chi connectivity index (χ2v) is 6.56. The largest absolute Gasteiger partial charge is 0.368 e. The zero-order valence-corrected chi connectivity index (χ0v) is 12.4. The quantitative estimate of drug-likeness (QED) is 0.753. The van der Waals surface area contributed by atoms with Gasteiger partial charge in [0.25, 0.3) is 0 Å². The highest BCUT2D eigenvalue weighted by Crippen LogP contribution is 2.42. The highest BCUT2D eigenvalue weighted by Gasteiger charge is 2.49. The van der Waals surface area contributed by atoms with E-state index in [2.05, 4.69) is 31.3 Å². The van der Waals surface area contributed by atoms with E-state index in [9.17, 15) is 4.79 Å². The third kappa shape index (κ3) is 3.51. The molecule has 0 radical (unpaired) electrons. The maximum absolute atomic E-state index is 12.0. The number of nitrogens with one attached hydrogen (secondary N) is 1. The molecule has 0 aromatic heterocycles. The lowest BCUT2D eigenvalue weighted by Crippen LogP contribution is -2.61. The summed E-state index contributed by atoms with van der Waals surface area (Å²) in [5.74, 6) is 0.880. The normalized spacial score (nSPS) is 18.3. The summed E-state index contributed by atoms with van der Waals surface area (Å²) < 4.78 is 0. The number of thioether (sulfide) groups is 1. The van der Waals surface area contributed by atoms with Crippen LogP contribution in [-0.4, -0.2) is 23.2 Å². The van der Waals surface area contributed by atoms with E-state index >= 15 is 0 Å². The van der Waals surface area contributed by atoms with Crippen molar-refractivity contribution in [1.82, 2.24) is 5.32 Å². The molecule has 0 spiro atoms. The van der Waals surface area contributed by atoms with Crippen LogP contribution in [0.15, 0.2) is 35.2 Å². The maximum atomic E-state index is 12.0. The molecule has 1 amide bonds. The Balaban J connectivity index is 2.11. The van der Waals surface area contributed by atoms with Gasteiger partial charge in [-0.2, -0.15) is 0 Å². The van der Waals surface area contributed by atoms with Gasteiger partial charge in [0.1, 0.15) is 5.54 Å². The average Bonchev–Trinajstić information content (AvgIpc) is 3.19. The zero-order valence-electron chi connectivity index (χ0n) is 11.6. The summed E-state index contributed by atoms with van der Waals surface area (Å²) in [7, 11) is 0. The Morgan fingerprint density at radius 3 is 2.53 bits per heavy atom. The second kappa shape index (κ2) is 5.97. The fraction of sp³-hybridized carbons (Fsp3) is 0.533. The van der Waals surface area contributed by atoms with Crippen molar-refractivity contribution in [3.05, 3.63) is 30.3 Å². The van der Waals surface area contributed by atoms with E-state index in [0.29, 0.717) is 11.7 Å². The van der Waals surface area contributed by atoms with Crippen LogP contribution in [0, 0.1) is 5.92 Å². The third-order valence-electron chi connectivity index (χ3n) is 3.47. The predicted octanol–water partition coefficient (Wildman–Crippen LogP) is 2.41. The Bertz CT molecular complexity index is 431. The molecule has 1 aromatic carbocycles. The van der Waals surface area contributed by atoms with Crippen LogP contribution in [0.3, 0.4) is 0 Å².